The van der Waals surface area contributed by atoms with Gasteiger partial charge in [0.15, 0.2) is 5.78 Å². The summed E-state index contributed by atoms with van der Waals surface area (Å²) in [6, 6.07) is 11.1. The van der Waals surface area contributed by atoms with Crippen LogP contribution in [0, 0.1) is 0 Å². The smallest absolute Gasteiger partial charge is 0.331 e. The number of benzene rings is 2. The number of likely N-dealkylation sites (tertiary alicyclic amines) is 1. The molecule has 1 aliphatic heterocycles. The monoisotopic (exact) mass is 521 g/mol. The van der Waals surface area contributed by atoms with Crippen LogP contribution in [0.5, 0.6) is 0 Å². The standard InChI is InChI=1S/C28H35N5O5/c1-20(34)21-8-6-9-22(18-21)29-27(36)30-23-10-11-25-24(19-23)26(35)33(16-17-38-2)28(37)32(25)15-7-14-31-12-4-3-5-13-31/h6,8-11,18-19H,3-5,7,12-17H2,1-2H3,(H2,29,30,36). The van der Waals surface area contributed by atoms with E-state index in [1.54, 1.807) is 47.0 Å². The van der Waals surface area contributed by atoms with Gasteiger partial charge in [-0.1, -0.05) is 18.6 Å². The Morgan fingerprint density at radius 1 is 0.895 bits per heavy atom. The SMILES string of the molecule is COCCn1c(=O)c2cc(NC(=O)Nc3cccc(C(C)=O)c3)ccc2n(CCCN2CCCCC2)c1=O. The molecule has 1 aliphatic rings. The number of rotatable bonds is 10. The van der Waals surface area contributed by atoms with Crippen LogP contribution in [0.4, 0.5) is 16.2 Å². The summed E-state index contributed by atoms with van der Waals surface area (Å²) < 4.78 is 7.97. The second kappa shape index (κ2) is 12.7. The van der Waals surface area contributed by atoms with E-state index >= 15 is 0 Å². The van der Waals surface area contributed by atoms with E-state index in [1.807, 2.05) is 0 Å². The number of amides is 2. The summed E-state index contributed by atoms with van der Waals surface area (Å²) in [6.45, 7) is 5.38. The predicted octanol–water partition coefficient (Wildman–Crippen LogP) is 3.53. The summed E-state index contributed by atoms with van der Waals surface area (Å²) in [5.74, 6) is -0.102. The Bertz CT molecular complexity index is 1420. The first-order chi connectivity index (χ1) is 18.4. The molecule has 4 rings (SSSR count). The lowest BCUT2D eigenvalue weighted by molar-refractivity contribution is 0.101. The van der Waals surface area contributed by atoms with Gasteiger partial charge >= 0.3 is 11.7 Å². The minimum atomic E-state index is -0.514. The molecular formula is C28H35N5O5. The van der Waals surface area contributed by atoms with Crippen LogP contribution in [-0.4, -0.2) is 59.2 Å². The molecular weight excluding hydrogens is 486 g/mol. The third-order valence-corrected chi connectivity index (χ3v) is 6.83. The van der Waals surface area contributed by atoms with Crippen molar-refractivity contribution in [2.75, 3.05) is 44.0 Å². The van der Waals surface area contributed by atoms with Crippen molar-refractivity contribution in [1.29, 1.82) is 0 Å². The van der Waals surface area contributed by atoms with Crippen LogP contribution in [0.15, 0.2) is 52.1 Å². The zero-order valence-electron chi connectivity index (χ0n) is 22.0. The van der Waals surface area contributed by atoms with Crippen molar-refractivity contribution in [1.82, 2.24) is 14.0 Å². The highest BCUT2D eigenvalue weighted by Crippen LogP contribution is 2.18. The fraction of sp³-hybridized carbons (Fsp3) is 0.429. The fourth-order valence-corrected chi connectivity index (χ4v) is 4.84. The Hall–Kier alpha value is -3.76. The summed E-state index contributed by atoms with van der Waals surface area (Å²) in [7, 11) is 1.52. The van der Waals surface area contributed by atoms with E-state index in [4.69, 9.17) is 4.74 Å². The number of ether oxygens (including phenoxy) is 1. The summed E-state index contributed by atoms with van der Waals surface area (Å²) in [5.41, 5.74) is 1.12. The maximum atomic E-state index is 13.3. The number of hydrogen-bond donors (Lipinski definition) is 2. The summed E-state index contributed by atoms with van der Waals surface area (Å²) in [5, 5.41) is 5.79. The first-order valence-electron chi connectivity index (χ1n) is 13.0. The van der Waals surface area contributed by atoms with Crippen LogP contribution in [0.2, 0.25) is 0 Å². The highest BCUT2D eigenvalue weighted by atomic mass is 16.5. The molecule has 38 heavy (non-hydrogen) atoms. The van der Waals surface area contributed by atoms with Crippen LogP contribution in [0.3, 0.4) is 0 Å². The molecule has 0 atom stereocenters. The fourth-order valence-electron chi connectivity index (χ4n) is 4.84. The summed E-state index contributed by atoms with van der Waals surface area (Å²) in [4.78, 5) is 53.3. The molecule has 202 valence electrons. The molecule has 2 aromatic carbocycles. The lowest BCUT2D eigenvalue weighted by Gasteiger charge is -2.26. The molecule has 10 heteroatoms. The van der Waals surface area contributed by atoms with Gasteiger partial charge in [0.2, 0.25) is 0 Å². The topological polar surface area (TPSA) is 115 Å². The molecule has 3 aromatic rings. The van der Waals surface area contributed by atoms with Crippen molar-refractivity contribution in [3.63, 3.8) is 0 Å². The predicted molar refractivity (Wildman–Crippen MR) is 148 cm³/mol. The van der Waals surface area contributed by atoms with Gasteiger partial charge in [0.1, 0.15) is 0 Å². The second-order valence-electron chi connectivity index (χ2n) is 9.59. The molecule has 0 unspecified atom stereocenters. The molecule has 0 saturated carbocycles. The average Bonchev–Trinajstić information content (AvgIpc) is 2.91. The number of urea groups is 1. The Morgan fingerprint density at radius 2 is 1.63 bits per heavy atom. The van der Waals surface area contributed by atoms with Crippen molar-refractivity contribution >= 4 is 34.1 Å². The second-order valence-corrected chi connectivity index (χ2v) is 9.59. The van der Waals surface area contributed by atoms with Crippen molar-refractivity contribution in [3.8, 4) is 0 Å². The number of nitrogens with one attached hydrogen (secondary N) is 2. The third kappa shape index (κ3) is 6.56. The number of aromatic nitrogens is 2. The maximum Gasteiger partial charge on any atom is 0.331 e. The summed E-state index contributed by atoms with van der Waals surface area (Å²) in [6.07, 6.45) is 4.47. The van der Waals surface area contributed by atoms with Crippen molar-refractivity contribution < 1.29 is 14.3 Å². The number of ketones is 1. The van der Waals surface area contributed by atoms with Gasteiger partial charge in [-0.25, -0.2) is 9.59 Å². The third-order valence-electron chi connectivity index (χ3n) is 6.83. The van der Waals surface area contributed by atoms with E-state index in [9.17, 15) is 19.2 Å². The van der Waals surface area contributed by atoms with Crippen LogP contribution in [0.25, 0.3) is 10.9 Å². The van der Waals surface area contributed by atoms with Crippen molar-refractivity contribution in [3.05, 3.63) is 68.9 Å². The van der Waals surface area contributed by atoms with E-state index < -0.39 is 11.6 Å². The van der Waals surface area contributed by atoms with E-state index in [0.717, 1.165) is 26.1 Å². The lowest BCUT2D eigenvalue weighted by atomic mass is 10.1. The van der Waals surface area contributed by atoms with Gasteiger partial charge in [-0.2, -0.15) is 0 Å². The highest BCUT2D eigenvalue weighted by Gasteiger charge is 2.16. The molecule has 10 nitrogen and oxygen atoms in total. The van der Waals surface area contributed by atoms with Gasteiger partial charge in [0.05, 0.1) is 24.1 Å². The van der Waals surface area contributed by atoms with Gasteiger partial charge in [0.25, 0.3) is 5.56 Å². The molecule has 0 bridgehead atoms. The molecule has 1 aromatic heterocycles. The first-order valence-corrected chi connectivity index (χ1v) is 13.0. The number of piperidine rings is 1. The first kappa shape index (κ1) is 27.3. The largest absolute Gasteiger partial charge is 0.383 e. The average molecular weight is 522 g/mol. The zero-order valence-corrected chi connectivity index (χ0v) is 22.0. The van der Waals surface area contributed by atoms with Gasteiger partial charge in [-0.3, -0.25) is 18.7 Å². The molecule has 1 saturated heterocycles. The van der Waals surface area contributed by atoms with Crippen LogP contribution >= 0.6 is 0 Å². The Balaban J connectivity index is 1.58. The lowest BCUT2D eigenvalue weighted by Crippen LogP contribution is -2.41. The number of Topliss-reactive ketones (excluding diaryl/α,β-unsaturated/α-hetero) is 1. The Kier molecular flexibility index (Phi) is 9.09. The molecule has 0 spiro atoms. The number of carbonyl (C=O) groups is 2. The number of aryl methyl sites for hydroxylation is 1. The Labute approximate surface area is 221 Å². The molecule has 2 N–H and O–H groups in total. The van der Waals surface area contributed by atoms with Crippen LogP contribution < -0.4 is 21.9 Å². The Morgan fingerprint density at radius 3 is 2.34 bits per heavy atom. The van der Waals surface area contributed by atoms with Crippen molar-refractivity contribution in [2.45, 2.75) is 45.7 Å². The van der Waals surface area contributed by atoms with Crippen molar-refractivity contribution in [2.24, 2.45) is 0 Å². The molecule has 2 heterocycles. The van der Waals surface area contributed by atoms with Crippen LogP contribution in [-0.2, 0) is 17.8 Å². The number of hydrogen-bond acceptors (Lipinski definition) is 6. The van der Waals surface area contributed by atoms with Gasteiger partial charge in [0, 0.05) is 30.6 Å². The molecule has 1 fully saturated rings. The van der Waals surface area contributed by atoms with E-state index in [2.05, 4.69) is 15.5 Å². The minimum absolute atomic E-state index is 0.102. The van der Waals surface area contributed by atoms with Gasteiger partial charge in [-0.15, -0.1) is 0 Å². The number of fused-ring (bicyclic) bond motifs is 1. The molecule has 0 aliphatic carbocycles. The summed E-state index contributed by atoms with van der Waals surface area (Å²) >= 11 is 0. The van der Waals surface area contributed by atoms with E-state index in [-0.39, 0.29) is 24.6 Å². The van der Waals surface area contributed by atoms with Gasteiger partial charge in [-0.05, 0) is 76.2 Å². The number of methoxy groups -OCH3 is 1. The van der Waals surface area contributed by atoms with E-state index in [0.29, 0.717) is 34.4 Å². The number of carbonyl (C=O) groups excluding carboxylic acids is 2. The normalized spacial score (nSPS) is 13.9. The number of anilines is 2. The van der Waals surface area contributed by atoms with E-state index in [1.165, 1.54) is 37.9 Å². The molecule has 2 amide bonds. The highest BCUT2D eigenvalue weighted by molar-refractivity contribution is 6.02. The van der Waals surface area contributed by atoms with Gasteiger partial charge < -0.3 is 20.3 Å². The van der Waals surface area contributed by atoms with Crippen LogP contribution in [0.1, 0.15) is 43.0 Å². The zero-order chi connectivity index (χ0) is 27.1. The maximum absolute atomic E-state index is 13.3. The molecule has 0 radical (unpaired) electrons. The minimum Gasteiger partial charge on any atom is -0.383 e. The quantitative estimate of drug-likeness (QED) is 0.395. The number of nitrogens with zero attached hydrogens (tertiary/aromatic N) is 3.